The summed E-state index contributed by atoms with van der Waals surface area (Å²) in [6.07, 6.45) is 0.440. The number of nitrogens with one attached hydrogen (secondary N) is 1. The summed E-state index contributed by atoms with van der Waals surface area (Å²) >= 11 is 0. The van der Waals surface area contributed by atoms with Crippen molar-refractivity contribution >= 4 is 23.0 Å². The molecule has 0 saturated carbocycles. The fourth-order valence-electron chi connectivity index (χ4n) is 2.17. The highest BCUT2D eigenvalue weighted by Gasteiger charge is 2.07. The standard InChI is InChI=1S/C17H21N3O/c1-13-5-3-4-6-16(13)20(2)12-11-17(21)19-15-9-7-14(18)8-10-15/h3-10H,11-12,18H2,1-2H3,(H,19,21). The summed E-state index contributed by atoms with van der Waals surface area (Å²) in [6, 6.07) is 15.3. The molecule has 0 aliphatic heterocycles. The molecule has 2 aromatic rings. The van der Waals surface area contributed by atoms with Gasteiger partial charge < -0.3 is 16.0 Å². The van der Waals surface area contributed by atoms with Gasteiger partial charge in [-0.15, -0.1) is 0 Å². The van der Waals surface area contributed by atoms with E-state index in [1.165, 1.54) is 5.56 Å². The molecule has 0 spiro atoms. The number of hydrogen-bond donors (Lipinski definition) is 2. The summed E-state index contributed by atoms with van der Waals surface area (Å²) in [4.78, 5) is 14.0. The summed E-state index contributed by atoms with van der Waals surface area (Å²) in [5, 5.41) is 2.87. The highest BCUT2D eigenvalue weighted by molar-refractivity contribution is 5.91. The minimum absolute atomic E-state index is 0.000190. The molecule has 110 valence electrons. The molecule has 0 bridgehead atoms. The molecule has 0 atom stereocenters. The van der Waals surface area contributed by atoms with Crippen molar-refractivity contribution in [1.82, 2.24) is 0 Å². The summed E-state index contributed by atoms with van der Waals surface area (Å²) in [5.41, 5.74) is 9.43. The lowest BCUT2D eigenvalue weighted by Gasteiger charge is -2.21. The summed E-state index contributed by atoms with van der Waals surface area (Å²) < 4.78 is 0. The van der Waals surface area contributed by atoms with E-state index in [-0.39, 0.29) is 5.91 Å². The molecule has 4 heteroatoms. The number of carbonyl (C=O) groups excluding carboxylic acids is 1. The van der Waals surface area contributed by atoms with Crippen molar-refractivity contribution in [3.63, 3.8) is 0 Å². The molecule has 3 N–H and O–H groups in total. The van der Waals surface area contributed by atoms with Crippen LogP contribution in [0.4, 0.5) is 17.1 Å². The van der Waals surface area contributed by atoms with E-state index in [4.69, 9.17) is 5.73 Å². The number of hydrogen-bond acceptors (Lipinski definition) is 3. The first kappa shape index (κ1) is 14.9. The monoisotopic (exact) mass is 283 g/mol. The number of anilines is 3. The second-order valence-corrected chi connectivity index (χ2v) is 5.13. The second-order valence-electron chi connectivity index (χ2n) is 5.13. The zero-order valence-corrected chi connectivity index (χ0v) is 12.5. The molecule has 0 fully saturated rings. The van der Waals surface area contributed by atoms with Crippen molar-refractivity contribution < 1.29 is 4.79 Å². The fourth-order valence-corrected chi connectivity index (χ4v) is 2.17. The van der Waals surface area contributed by atoms with Crippen LogP contribution in [0.25, 0.3) is 0 Å². The van der Waals surface area contributed by atoms with Crippen molar-refractivity contribution in [2.45, 2.75) is 13.3 Å². The maximum Gasteiger partial charge on any atom is 0.226 e. The van der Waals surface area contributed by atoms with Gasteiger partial charge in [-0.25, -0.2) is 0 Å². The number of para-hydroxylation sites is 1. The molecule has 0 heterocycles. The first-order chi connectivity index (χ1) is 10.1. The molecule has 4 nitrogen and oxygen atoms in total. The van der Waals surface area contributed by atoms with Gasteiger partial charge in [-0.05, 0) is 42.8 Å². The summed E-state index contributed by atoms with van der Waals surface area (Å²) in [6.45, 7) is 2.74. The predicted molar refractivity (Wildman–Crippen MR) is 88.6 cm³/mol. The number of carbonyl (C=O) groups is 1. The van der Waals surface area contributed by atoms with Gasteiger partial charge in [0.1, 0.15) is 0 Å². The van der Waals surface area contributed by atoms with E-state index in [1.807, 2.05) is 19.2 Å². The Hall–Kier alpha value is -2.49. The number of nitrogens with zero attached hydrogens (tertiary/aromatic N) is 1. The minimum atomic E-state index is 0.000190. The number of nitrogens with two attached hydrogens (primary N) is 1. The highest BCUT2D eigenvalue weighted by atomic mass is 16.1. The normalized spacial score (nSPS) is 10.2. The average molecular weight is 283 g/mol. The Labute approximate surface area is 125 Å². The second kappa shape index (κ2) is 6.79. The van der Waals surface area contributed by atoms with Gasteiger partial charge in [0.25, 0.3) is 0 Å². The van der Waals surface area contributed by atoms with Gasteiger partial charge >= 0.3 is 0 Å². The van der Waals surface area contributed by atoms with E-state index in [0.717, 1.165) is 11.4 Å². The lowest BCUT2D eigenvalue weighted by molar-refractivity contribution is -0.116. The van der Waals surface area contributed by atoms with Gasteiger partial charge in [-0.1, -0.05) is 18.2 Å². The third kappa shape index (κ3) is 4.24. The molecule has 21 heavy (non-hydrogen) atoms. The van der Waals surface area contributed by atoms with Crippen molar-refractivity contribution in [2.24, 2.45) is 0 Å². The predicted octanol–water partition coefficient (Wildman–Crippen LogP) is 3.04. The molecule has 0 saturated heterocycles. The molecule has 2 rings (SSSR count). The summed E-state index contributed by atoms with van der Waals surface area (Å²) in [5.74, 6) is 0.000190. The molecular weight excluding hydrogens is 262 g/mol. The van der Waals surface area contributed by atoms with Crippen molar-refractivity contribution in [1.29, 1.82) is 0 Å². The molecule has 2 aromatic carbocycles. The van der Waals surface area contributed by atoms with Crippen molar-refractivity contribution in [2.75, 3.05) is 29.5 Å². The van der Waals surface area contributed by atoms with Crippen LogP contribution in [-0.4, -0.2) is 19.5 Å². The zero-order chi connectivity index (χ0) is 15.2. The lowest BCUT2D eigenvalue weighted by Crippen LogP contribution is -2.24. The fraction of sp³-hybridized carbons (Fsp3) is 0.235. The molecule has 0 aliphatic rings. The number of aryl methyl sites for hydroxylation is 1. The van der Waals surface area contributed by atoms with Gasteiger partial charge in [-0.2, -0.15) is 0 Å². The Morgan fingerprint density at radius 3 is 2.48 bits per heavy atom. The van der Waals surface area contributed by atoms with Crippen LogP contribution in [0.3, 0.4) is 0 Å². The van der Waals surface area contributed by atoms with E-state index in [2.05, 4.69) is 29.3 Å². The molecule has 0 aromatic heterocycles. The van der Waals surface area contributed by atoms with E-state index < -0.39 is 0 Å². The topological polar surface area (TPSA) is 58.4 Å². The highest BCUT2D eigenvalue weighted by Crippen LogP contribution is 2.18. The van der Waals surface area contributed by atoms with Crippen molar-refractivity contribution in [3.05, 3.63) is 54.1 Å². The first-order valence-electron chi connectivity index (χ1n) is 6.98. The zero-order valence-electron chi connectivity index (χ0n) is 12.5. The van der Waals surface area contributed by atoms with Gasteiger partial charge in [0.05, 0.1) is 0 Å². The molecule has 0 radical (unpaired) electrons. The molecule has 1 amide bonds. The minimum Gasteiger partial charge on any atom is -0.399 e. The van der Waals surface area contributed by atoms with Crippen LogP contribution in [0, 0.1) is 6.92 Å². The van der Waals surface area contributed by atoms with Gasteiger partial charge in [-0.3, -0.25) is 4.79 Å². The Balaban J connectivity index is 1.86. The smallest absolute Gasteiger partial charge is 0.226 e. The molecule has 0 unspecified atom stereocenters. The van der Waals surface area contributed by atoms with Crippen LogP contribution in [-0.2, 0) is 4.79 Å². The largest absolute Gasteiger partial charge is 0.399 e. The van der Waals surface area contributed by atoms with E-state index >= 15 is 0 Å². The van der Waals surface area contributed by atoms with Crippen LogP contribution >= 0.6 is 0 Å². The van der Waals surface area contributed by atoms with Crippen molar-refractivity contribution in [3.8, 4) is 0 Å². The Morgan fingerprint density at radius 2 is 1.81 bits per heavy atom. The first-order valence-corrected chi connectivity index (χ1v) is 6.98. The molecule has 0 aliphatic carbocycles. The van der Waals surface area contributed by atoms with Gasteiger partial charge in [0.15, 0.2) is 0 Å². The van der Waals surface area contributed by atoms with E-state index in [0.29, 0.717) is 18.7 Å². The van der Waals surface area contributed by atoms with Crippen LogP contribution in [0.2, 0.25) is 0 Å². The van der Waals surface area contributed by atoms with Gasteiger partial charge in [0, 0.05) is 37.1 Å². The number of rotatable bonds is 5. The van der Waals surface area contributed by atoms with E-state index in [1.54, 1.807) is 24.3 Å². The number of benzene rings is 2. The number of nitrogen functional groups attached to an aromatic ring is 1. The maximum atomic E-state index is 11.9. The Kier molecular flexibility index (Phi) is 4.82. The van der Waals surface area contributed by atoms with Crippen LogP contribution in [0.1, 0.15) is 12.0 Å². The van der Waals surface area contributed by atoms with Gasteiger partial charge in [0.2, 0.25) is 5.91 Å². The third-order valence-electron chi connectivity index (χ3n) is 3.40. The van der Waals surface area contributed by atoms with Crippen LogP contribution < -0.4 is 16.0 Å². The van der Waals surface area contributed by atoms with Crippen LogP contribution in [0.15, 0.2) is 48.5 Å². The Morgan fingerprint density at radius 1 is 1.14 bits per heavy atom. The third-order valence-corrected chi connectivity index (χ3v) is 3.40. The van der Waals surface area contributed by atoms with E-state index in [9.17, 15) is 4.79 Å². The number of amides is 1. The lowest BCUT2D eigenvalue weighted by atomic mass is 10.2. The Bertz CT molecular complexity index is 608. The molecular formula is C17H21N3O. The quantitative estimate of drug-likeness (QED) is 0.829. The maximum absolute atomic E-state index is 11.9. The summed E-state index contributed by atoms with van der Waals surface area (Å²) in [7, 11) is 2.00. The van der Waals surface area contributed by atoms with Crippen LogP contribution in [0.5, 0.6) is 0 Å². The SMILES string of the molecule is Cc1ccccc1N(C)CCC(=O)Nc1ccc(N)cc1. The average Bonchev–Trinajstić information content (AvgIpc) is 2.48.